The van der Waals surface area contributed by atoms with E-state index in [0.29, 0.717) is 6.42 Å². The Kier molecular flexibility index (Phi) is 26.4. The summed E-state index contributed by atoms with van der Waals surface area (Å²) in [5.41, 5.74) is 0. The van der Waals surface area contributed by atoms with Crippen LogP contribution in [0, 0.1) is 0 Å². The van der Waals surface area contributed by atoms with Crippen LogP contribution in [0.15, 0.2) is 72.9 Å². The van der Waals surface area contributed by atoms with Crippen molar-refractivity contribution in [3.8, 4) is 0 Å². The maximum atomic E-state index is 12.3. The Hall–Kier alpha value is -2.22. The second-order valence-corrected chi connectivity index (χ2v) is 11.8. The minimum atomic E-state index is -4.33. The zero-order valence-electron chi connectivity index (χ0n) is 25.6. The topological polar surface area (TPSA) is 104 Å². The summed E-state index contributed by atoms with van der Waals surface area (Å²) in [7, 11) is -4.33. The third kappa shape index (κ3) is 29.1. The van der Waals surface area contributed by atoms with Gasteiger partial charge in [-0.25, -0.2) is 0 Å². The molecule has 2 atom stereocenters. The fourth-order valence-electron chi connectivity index (χ4n) is 4.06. The van der Waals surface area contributed by atoms with Crippen molar-refractivity contribution >= 4 is 16.0 Å². The molecule has 0 aromatic rings. The normalized spacial score (nSPS) is 14.5. The number of rotatable bonds is 26. The van der Waals surface area contributed by atoms with Crippen molar-refractivity contribution in [2.24, 2.45) is 0 Å². The zero-order valence-corrected chi connectivity index (χ0v) is 26.4. The maximum Gasteiger partial charge on any atom is 0.267 e. The average Bonchev–Trinajstić information content (AvgIpc) is 2.92. The van der Waals surface area contributed by atoms with Crippen molar-refractivity contribution < 1.29 is 22.9 Å². The molecule has 41 heavy (non-hydrogen) atoms. The molecule has 0 heterocycles. The molecule has 0 spiro atoms. The SMILES string of the molecule is CC/C=C\C/C=C\C/C=C\C/C=C\C/C=C\CCCCCCCC(=O)NC(CS(=O)(=O)O)C(O)/C=C/CCCCC. The van der Waals surface area contributed by atoms with Crippen molar-refractivity contribution in [1.82, 2.24) is 5.32 Å². The molecule has 0 aromatic carbocycles. The number of carbonyl (C=O) groups excluding carboxylic acids is 1. The van der Waals surface area contributed by atoms with E-state index in [9.17, 15) is 22.9 Å². The number of allylic oxidation sites excluding steroid dienone is 11. The van der Waals surface area contributed by atoms with Gasteiger partial charge in [0.15, 0.2) is 0 Å². The molecule has 0 aliphatic heterocycles. The molecule has 6 nitrogen and oxygen atoms in total. The fraction of sp³-hybridized carbons (Fsp3) is 0.618. The minimum Gasteiger partial charge on any atom is -0.387 e. The van der Waals surface area contributed by atoms with Crippen molar-refractivity contribution in [2.45, 2.75) is 129 Å². The van der Waals surface area contributed by atoms with Crippen LogP contribution >= 0.6 is 0 Å². The highest BCUT2D eigenvalue weighted by atomic mass is 32.2. The van der Waals surface area contributed by atoms with E-state index in [1.807, 2.05) is 0 Å². The van der Waals surface area contributed by atoms with Crippen LogP contribution in [0.4, 0.5) is 0 Å². The highest BCUT2D eigenvalue weighted by Gasteiger charge is 2.24. The fourth-order valence-corrected chi connectivity index (χ4v) is 4.79. The van der Waals surface area contributed by atoms with E-state index in [1.165, 1.54) is 6.08 Å². The predicted molar refractivity (Wildman–Crippen MR) is 174 cm³/mol. The lowest BCUT2D eigenvalue weighted by Gasteiger charge is -2.21. The summed E-state index contributed by atoms with van der Waals surface area (Å²) in [6.45, 7) is 4.25. The van der Waals surface area contributed by atoms with Crippen LogP contribution in [0.25, 0.3) is 0 Å². The second-order valence-electron chi connectivity index (χ2n) is 10.4. The monoisotopic (exact) mass is 591 g/mol. The van der Waals surface area contributed by atoms with Crippen LogP contribution < -0.4 is 5.32 Å². The number of carbonyl (C=O) groups is 1. The molecular weight excluding hydrogens is 534 g/mol. The number of hydrogen-bond acceptors (Lipinski definition) is 4. The summed E-state index contributed by atoms with van der Waals surface area (Å²) in [5, 5.41) is 12.9. The molecule has 3 N–H and O–H groups in total. The lowest BCUT2D eigenvalue weighted by molar-refractivity contribution is -0.122. The Morgan fingerprint density at radius 1 is 0.683 bits per heavy atom. The molecule has 0 saturated heterocycles. The molecule has 0 bridgehead atoms. The maximum absolute atomic E-state index is 12.3. The van der Waals surface area contributed by atoms with Gasteiger partial charge in [0.2, 0.25) is 5.91 Å². The van der Waals surface area contributed by atoms with Gasteiger partial charge < -0.3 is 10.4 Å². The smallest absolute Gasteiger partial charge is 0.267 e. The van der Waals surface area contributed by atoms with E-state index in [0.717, 1.165) is 89.9 Å². The predicted octanol–water partition coefficient (Wildman–Crippen LogP) is 8.34. The van der Waals surface area contributed by atoms with Crippen LogP contribution in [0.1, 0.15) is 117 Å². The number of hydrogen-bond donors (Lipinski definition) is 3. The van der Waals surface area contributed by atoms with Gasteiger partial charge in [0.25, 0.3) is 10.1 Å². The Bertz CT molecular complexity index is 915. The first-order chi connectivity index (χ1) is 19.8. The van der Waals surface area contributed by atoms with Crippen LogP contribution in [-0.4, -0.2) is 41.9 Å². The lowest BCUT2D eigenvalue weighted by atomic mass is 10.1. The van der Waals surface area contributed by atoms with Gasteiger partial charge >= 0.3 is 0 Å². The van der Waals surface area contributed by atoms with E-state index in [1.54, 1.807) is 6.08 Å². The number of aliphatic hydroxyl groups is 1. The number of aliphatic hydroxyl groups excluding tert-OH is 1. The third-order valence-electron chi connectivity index (χ3n) is 6.39. The quantitative estimate of drug-likeness (QED) is 0.0533. The zero-order chi connectivity index (χ0) is 30.4. The van der Waals surface area contributed by atoms with E-state index in [2.05, 4.69) is 79.9 Å². The Balaban J connectivity index is 3.96. The molecule has 0 rings (SSSR count). The summed E-state index contributed by atoms with van der Waals surface area (Å²) < 4.78 is 31.9. The van der Waals surface area contributed by atoms with E-state index in [-0.39, 0.29) is 12.3 Å². The molecule has 234 valence electrons. The number of unbranched alkanes of at least 4 members (excludes halogenated alkanes) is 8. The van der Waals surface area contributed by atoms with Crippen LogP contribution in [0.3, 0.4) is 0 Å². The van der Waals surface area contributed by atoms with E-state index < -0.39 is 28.0 Å². The Morgan fingerprint density at radius 2 is 1.17 bits per heavy atom. The van der Waals surface area contributed by atoms with Crippen LogP contribution in [0.5, 0.6) is 0 Å². The molecule has 0 aromatic heterocycles. The molecule has 0 aliphatic carbocycles. The standard InChI is InChI=1S/C34H57NO5S/c1-3-5-7-9-10-11-12-13-14-15-16-17-18-19-20-21-22-23-24-26-28-30-34(37)35-32(31-41(38,39)40)33(36)29-27-25-8-6-4-2/h5,7,10-11,13-14,16-17,19-20,27,29,32-33,36H,3-4,6,8-9,12,15,18,21-26,28,30-31H2,1-2H3,(H,35,37)(H,38,39,40)/b7-5-,11-10-,14-13-,17-16-,20-19-,29-27+. The molecule has 0 fully saturated rings. The second kappa shape index (κ2) is 27.9. The first kappa shape index (κ1) is 38.8. The van der Waals surface area contributed by atoms with Gasteiger partial charge in [-0.3, -0.25) is 9.35 Å². The van der Waals surface area contributed by atoms with E-state index >= 15 is 0 Å². The minimum absolute atomic E-state index is 0.268. The number of amides is 1. The van der Waals surface area contributed by atoms with Gasteiger partial charge in [0.05, 0.1) is 17.9 Å². The average molecular weight is 592 g/mol. The Labute approximate surface area is 251 Å². The molecule has 0 saturated carbocycles. The molecule has 0 aliphatic rings. The van der Waals surface area contributed by atoms with Gasteiger partial charge in [0, 0.05) is 6.42 Å². The van der Waals surface area contributed by atoms with Gasteiger partial charge in [-0.15, -0.1) is 0 Å². The highest BCUT2D eigenvalue weighted by Crippen LogP contribution is 2.09. The summed E-state index contributed by atoms with van der Waals surface area (Å²) in [6, 6.07) is -1.07. The Morgan fingerprint density at radius 3 is 1.73 bits per heavy atom. The largest absolute Gasteiger partial charge is 0.387 e. The molecule has 1 amide bonds. The summed E-state index contributed by atoms with van der Waals surface area (Å²) in [4.78, 5) is 12.3. The first-order valence-corrected chi connectivity index (χ1v) is 17.2. The first-order valence-electron chi connectivity index (χ1n) is 15.6. The summed E-state index contributed by atoms with van der Waals surface area (Å²) >= 11 is 0. The molecule has 2 unspecified atom stereocenters. The highest BCUT2D eigenvalue weighted by molar-refractivity contribution is 7.85. The molecular formula is C34H57NO5S. The van der Waals surface area contributed by atoms with Crippen LogP contribution in [-0.2, 0) is 14.9 Å². The van der Waals surface area contributed by atoms with Crippen LogP contribution in [0.2, 0.25) is 0 Å². The van der Waals surface area contributed by atoms with Crippen molar-refractivity contribution in [1.29, 1.82) is 0 Å². The third-order valence-corrected chi connectivity index (χ3v) is 7.17. The van der Waals surface area contributed by atoms with Crippen molar-refractivity contribution in [3.05, 3.63) is 72.9 Å². The van der Waals surface area contributed by atoms with Crippen molar-refractivity contribution in [3.63, 3.8) is 0 Å². The van der Waals surface area contributed by atoms with Gasteiger partial charge in [0.1, 0.15) is 0 Å². The number of nitrogens with one attached hydrogen (secondary N) is 1. The summed E-state index contributed by atoms with van der Waals surface area (Å²) in [5.74, 6) is -1.02. The molecule has 7 heteroatoms. The van der Waals surface area contributed by atoms with Gasteiger partial charge in [-0.2, -0.15) is 8.42 Å². The van der Waals surface area contributed by atoms with E-state index in [4.69, 9.17) is 0 Å². The van der Waals surface area contributed by atoms with Gasteiger partial charge in [-0.1, -0.05) is 119 Å². The van der Waals surface area contributed by atoms with Gasteiger partial charge in [-0.05, 0) is 64.2 Å². The summed E-state index contributed by atoms with van der Waals surface area (Å²) in [6.07, 6.45) is 39.3. The lowest BCUT2D eigenvalue weighted by Crippen LogP contribution is -2.46. The molecule has 0 radical (unpaired) electrons. The van der Waals surface area contributed by atoms with Crippen molar-refractivity contribution in [2.75, 3.05) is 5.75 Å².